The molecule has 0 bridgehead atoms. The maximum absolute atomic E-state index is 11.6. The zero-order valence-electron chi connectivity index (χ0n) is 18.7. The molecule has 0 spiro atoms. The Morgan fingerprint density at radius 2 is 1.59 bits per heavy atom. The molecule has 0 atom stereocenters. The van der Waals surface area contributed by atoms with Gasteiger partial charge in [-0.05, 0) is 52.7 Å². The van der Waals surface area contributed by atoms with E-state index < -0.39 is 11.7 Å². The lowest BCUT2D eigenvalue weighted by Crippen LogP contribution is -2.42. The molecule has 8 heteroatoms. The summed E-state index contributed by atoms with van der Waals surface area (Å²) in [5, 5.41) is 9.13. The molecular formula is C21H37IN4O3. The van der Waals surface area contributed by atoms with E-state index in [4.69, 9.17) is 9.47 Å². The number of nitrogens with one attached hydrogen (secondary N) is 3. The van der Waals surface area contributed by atoms with Crippen molar-refractivity contribution in [2.45, 2.75) is 65.9 Å². The van der Waals surface area contributed by atoms with Crippen LogP contribution in [0, 0.1) is 0 Å². The molecule has 0 aromatic heterocycles. The minimum Gasteiger partial charge on any atom is -0.444 e. The molecule has 29 heavy (non-hydrogen) atoms. The average molecular weight is 520 g/mol. The second kappa shape index (κ2) is 12.9. The van der Waals surface area contributed by atoms with Crippen LogP contribution in [0.2, 0.25) is 0 Å². The second-order valence-corrected chi connectivity index (χ2v) is 8.50. The normalized spacial score (nSPS) is 12.0. The van der Waals surface area contributed by atoms with Gasteiger partial charge in [-0.2, -0.15) is 0 Å². The SMILES string of the molecule is CN=C(NCCNC(=O)OC(C)(C)C)NCc1cccc(COC(C)(C)C)c1.I. The first-order chi connectivity index (χ1) is 13.0. The Morgan fingerprint density at radius 1 is 0.966 bits per heavy atom. The molecule has 1 aromatic rings. The highest BCUT2D eigenvalue weighted by atomic mass is 127. The highest BCUT2D eigenvalue weighted by molar-refractivity contribution is 14.0. The van der Waals surface area contributed by atoms with Gasteiger partial charge >= 0.3 is 6.09 Å². The largest absolute Gasteiger partial charge is 0.444 e. The molecule has 0 aliphatic rings. The lowest BCUT2D eigenvalue weighted by Gasteiger charge is -2.20. The molecule has 0 aliphatic carbocycles. The number of nitrogens with zero attached hydrogens (tertiary/aromatic N) is 1. The molecule has 1 amide bonds. The summed E-state index contributed by atoms with van der Waals surface area (Å²) in [5.41, 5.74) is 1.62. The van der Waals surface area contributed by atoms with Crippen LogP contribution in [0.3, 0.4) is 0 Å². The Labute approximate surface area is 192 Å². The number of ether oxygens (including phenoxy) is 2. The van der Waals surface area contributed by atoms with Crippen LogP contribution in [0.1, 0.15) is 52.7 Å². The van der Waals surface area contributed by atoms with Crippen molar-refractivity contribution in [1.29, 1.82) is 0 Å². The van der Waals surface area contributed by atoms with Gasteiger partial charge in [-0.25, -0.2) is 4.79 Å². The first kappa shape index (κ1) is 27.5. The van der Waals surface area contributed by atoms with E-state index in [-0.39, 0.29) is 29.6 Å². The predicted molar refractivity (Wildman–Crippen MR) is 129 cm³/mol. The summed E-state index contributed by atoms with van der Waals surface area (Å²) in [6, 6.07) is 8.27. The molecule has 0 fully saturated rings. The van der Waals surface area contributed by atoms with Crippen molar-refractivity contribution < 1.29 is 14.3 Å². The van der Waals surface area contributed by atoms with Gasteiger partial charge in [-0.1, -0.05) is 24.3 Å². The van der Waals surface area contributed by atoms with Crippen molar-refractivity contribution in [3.63, 3.8) is 0 Å². The third-order valence-electron chi connectivity index (χ3n) is 3.43. The topological polar surface area (TPSA) is 84.0 Å². The van der Waals surface area contributed by atoms with Crippen LogP contribution in [0.5, 0.6) is 0 Å². The van der Waals surface area contributed by atoms with E-state index in [1.54, 1.807) is 7.05 Å². The number of hydrogen-bond acceptors (Lipinski definition) is 4. The van der Waals surface area contributed by atoms with Gasteiger partial charge in [0.2, 0.25) is 0 Å². The van der Waals surface area contributed by atoms with Crippen LogP contribution in [0.15, 0.2) is 29.3 Å². The number of halogens is 1. The van der Waals surface area contributed by atoms with E-state index in [1.165, 1.54) is 0 Å². The molecule has 0 saturated carbocycles. The fourth-order valence-electron chi connectivity index (χ4n) is 2.20. The molecule has 0 aliphatic heterocycles. The molecule has 3 N–H and O–H groups in total. The number of aliphatic imine (C=N–C) groups is 1. The molecule has 0 saturated heterocycles. The van der Waals surface area contributed by atoms with Gasteiger partial charge in [0.25, 0.3) is 0 Å². The third kappa shape index (κ3) is 14.1. The number of alkyl carbamates (subject to hydrolysis) is 1. The van der Waals surface area contributed by atoms with Gasteiger partial charge in [0.05, 0.1) is 12.2 Å². The quantitative estimate of drug-likeness (QED) is 0.221. The summed E-state index contributed by atoms with van der Waals surface area (Å²) in [5.74, 6) is 0.669. The third-order valence-corrected chi connectivity index (χ3v) is 3.43. The van der Waals surface area contributed by atoms with Gasteiger partial charge < -0.3 is 25.4 Å². The summed E-state index contributed by atoms with van der Waals surface area (Å²) in [4.78, 5) is 15.8. The van der Waals surface area contributed by atoms with E-state index in [2.05, 4.69) is 39.1 Å². The molecule has 1 rings (SSSR count). The standard InChI is InChI=1S/C21H36N4O3.HI/c1-20(2,3)27-15-17-10-8-9-16(13-17)14-25-18(22-7)23-11-12-24-19(26)28-21(4,5)6;/h8-10,13H,11-12,14-15H2,1-7H3,(H,24,26)(H2,22,23,25);1H. The number of rotatable bonds is 7. The van der Waals surface area contributed by atoms with Gasteiger partial charge in [0, 0.05) is 26.7 Å². The predicted octanol–water partition coefficient (Wildman–Crippen LogP) is 3.81. The maximum Gasteiger partial charge on any atom is 0.407 e. The summed E-state index contributed by atoms with van der Waals surface area (Å²) in [6.07, 6.45) is -0.425. The Bertz CT molecular complexity index is 652. The van der Waals surface area contributed by atoms with E-state index in [0.717, 1.165) is 11.1 Å². The first-order valence-electron chi connectivity index (χ1n) is 9.62. The van der Waals surface area contributed by atoms with Gasteiger partial charge in [-0.15, -0.1) is 24.0 Å². The number of benzene rings is 1. The first-order valence-corrected chi connectivity index (χ1v) is 9.62. The zero-order valence-corrected chi connectivity index (χ0v) is 21.0. The fourth-order valence-corrected chi connectivity index (χ4v) is 2.20. The maximum atomic E-state index is 11.6. The molecule has 0 unspecified atom stereocenters. The van der Waals surface area contributed by atoms with Gasteiger partial charge in [-0.3, -0.25) is 4.99 Å². The summed E-state index contributed by atoms with van der Waals surface area (Å²) >= 11 is 0. The zero-order chi connectivity index (χ0) is 21.2. The van der Waals surface area contributed by atoms with Crippen molar-refractivity contribution >= 4 is 36.0 Å². The van der Waals surface area contributed by atoms with E-state index in [9.17, 15) is 4.79 Å². The van der Waals surface area contributed by atoms with Crippen molar-refractivity contribution in [2.75, 3.05) is 20.1 Å². The number of hydrogen-bond donors (Lipinski definition) is 3. The summed E-state index contributed by atoms with van der Waals surface area (Å²) < 4.78 is 11.0. The Hall–Kier alpha value is -1.55. The highest BCUT2D eigenvalue weighted by Crippen LogP contribution is 2.13. The van der Waals surface area contributed by atoms with E-state index >= 15 is 0 Å². The summed E-state index contributed by atoms with van der Waals surface area (Å²) in [6.45, 7) is 13.8. The fraction of sp³-hybridized carbons (Fsp3) is 0.619. The van der Waals surface area contributed by atoms with Crippen molar-refractivity contribution in [3.8, 4) is 0 Å². The van der Waals surface area contributed by atoms with Gasteiger partial charge in [0.1, 0.15) is 5.60 Å². The van der Waals surface area contributed by atoms with Crippen LogP contribution in [0.4, 0.5) is 4.79 Å². The van der Waals surface area contributed by atoms with Crippen LogP contribution in [-0.2, 0) is 22.6 Å². The van der Waals surface area contributed by atoms with Crippen molar-refractivity contribution in [2.24, 2.45) is 4.99 Å². The smallest absolute Gasteiger partial charge is 0.407 e. The highest BCUT2D eigenvalue weighted by Gasteiger charge is 2.15. The van der Waals surface area contributed by atoms with E-state index in [1.807, 2.05) is 47.6 Å². The minimum absolute atomic E-state index is 0. The average Bonchev–Trinajstić information content (AvgIpc) is 2.57. The minimum atomic E-state index is -0.498. The lowest BCUT2D eigenvalue weighted by molar-refractivity contribution is -0.0149. The lowest BCUT2D eigenvalue weighted by atomic mass is 10.1. The van der Waals surface area contributed by atoms with Crippen LogP contribution < -0.4 is 16.0 Å². The number of guanidine groups is 1. The van der Waals surface area contributed by atoms with E-state index in [0.29, 0.717) is 32.2 Å². The van der Waals surface area contributed by atoms with Crippen LogP contribution in [0.25, 0.3) is 0 Å². The molecule has 7 nitrogen and oxygen atoms in total. The van der Waals surface area contributed by atoms with Crippen molar-refractivity contribution in [1.82, 2.24) is 16.0 Å². The van der Waals surface area contributed by atoms with Crippen molar-refractivity contribution in [3.05, 3.63) is 35.4 Å². The Kier molecular flexibility index (Phi) is 12.2. The molecular weight excluding hydrogens is 483 g/mol. The molecule has 0 radical (unpaired) electrons. The van der Waals surface area contributed by atoms with Gasteiger partial charge in [0.15, 0.2) is 5.96 Å². The molecule has 0 heterocycles. The van der Waals surface area contributed by atoms with Crippen LogP contribution >= 0.6 is 24.0 Å². The monoisotopic (exact) mass is 520 g/mol. The number of carbonyl (C=O) groups is 1. The Morgan fingerprint density at radius 3 is 2.17 bits per heavy atom. The molecule has 1 aromatic carbocycles. The van der Waals surface area contributed by atoms with Crippen LogP contribution in [-0.4, -0.2) is 43.4 Å². The molecule has 166 valence electrons. The number of carbonyl (C=O) groups excluding carboxylic acids is 1. The Balaban J connectivity index is 0.00000784. The summed E-state index contributed by atoms with van der Waals surface area (Å²) in [7, 11) is 1.71. The number of amides is 1. The second-order valence-electron chi connectivity index (χ2n) is 8.50.